The van der Waals surface area contributed by atoms with Gasteiger partial charge in [-0.2, -0.15) is 13.2 Å². The topological polar surface area (TPSA) is 42.0 Å². The van der Waals surface area contributed by atoms with Gasteiger partial charge in [-0.25, -0.2) is 4.98 Å². The summed E-state index contributed by atoms with van der Waals surface area (Å²) < 4.78 is 38.2. The number of nitrogens with zero attached hydrogens (tertiary/aromatic N) is 1. The van der Waals surface area contributed by atoms with Crippen LogP contribution in [0.3, 0.4) is 0 Å². The lowest BCUT2D eigenvalue weighted by atomic mass is 10.1. The van der Waals surface area contributed by atoms with Gasteiger partial charge in [-0.1, -0.05) is 47.7 Å². The lowest BCUT2D eigenvalue weighted by molar-refractivity contribution is -0.167. The molecule has 3 nitrogen and oxygen atoms in total. The monoisotopic (exact) mass is 436 g/mol. The maximum Gasteiger partial charge on any atom is 0.471 e. The van der Waals surface area contributed by atoms with E-state index in [1.807, 2.05) is 35.0 Å². The number of rotatable bonds is 4. The second-order valence-corrected chi connectivity index (χ2v) is 8.69. The van der Waals surface area contributed by atoms with E-state index < -0.39 is 12.1 Å². The van der Waals surface area contributed by atoms with Crippen molar-refractivity contribution in [2.24, 2.45) is 0 Å². The van der Waals surface area contributed by atoms with E-state index in [-0.39, 0.29) is 5.00 Å². The number of aromatic nitrogens is 1. The highest BCUT2D eigenvalue weighted by molar-refractivity contribution is 7.27. The van der Waals surface area contributed by atoms with Gasteiger partial charge in [0, 0.05) is 15.3 Å². The van der Waals surface area contributed by atoms with Crippen LogP contribution in [0.1, 0.15) is 0 Å². The van der Waals surface area contributed by atoms with Gasteiger partial charge >= 0.3 is 12.1 Å². The maximum absolute atomic E-state index is 12.7. The van der Waals surface area contributed by atoms with Gasteiger partial charge in [0.1, 0.15) is 15.7 Å². The van der Waals surface area contributed by atoms with E-state index in [1.165, 1.54) is 11.3 Å². The summed E-state index contributed by atoms with van der Waals surface area (Å²) in [5.41, 5.74) is 0.960. The molecule has 0 aliphatic heterocycles. The van der Waals surface area contributed by atoms with Crippen molar-refractivity contribution in [2.45, 2.75) is 6.18 Å². The lowest BCUT2D eigenvalue weighted by Crippen LogP contribution is -2.29. The molecule has 4 aromatic rings. The van der Waals surface area contributed by atoms with Crippen LogP contribution in [0.2, 0.25) is 0 Å². The standard InChI is InChI=1S/C19H11F3N2OS3/c20-19(21,22)18(25)24-17-15(11-5-2-1-3-6-11)23-16(28-17)14-9-8-13(27-14)12-7-4-10-26-12/h1-10H,(H,24,25). The normalized spacial score (nSPS) is 11.5. The van der Waals surface area contributed by atoms with Crippen molar-refractivity contribution in [2.75, 3.05) is 5.32 Å². The van der Waals surface area contributed by atoms with Crippen LogP contribution in [0.25, 0.3) is 30.9 Å². The van der Waals surface area contributed by atoms with Crippen LogP contribution in [0.5, 0.6) is 0 Å². The van der Waals surface area contributed by atoms with Crippen LogP contribution >= 0.6 is 34.0 Å². The van der Waals surface area contributed by atoms with Crippen molar-refractivity contribution < 1.29 is 18.0 Å². The number of hydrogen-bond donors (Lipinski definition) is 1. The fourth-order valence-corrected chi connectivity index (χ4v) is 5.36. The molecule has 0 aliphatic rings. The van der Waals surface area contributed by atoms with Gasteiger partial charge in [-0.15, -0.1) is 22.7 Å². The number of thiazole rings is 1. The molecule has 1 N–H and O–H groups in total. The highest BCUT2D eigenvalue weighted by Gasteiger charge is 2.39. The molecule has 1 aromatic carbocycles. The van der Waals surface area contributed by atoms with Gasteiger partial charge in [0.05, 0.1) is 4.88 Å². The zero-order valence-electron chi connectivity index (χ0n) is 14.0. The summed E-state index contributed by atoms with van der Waals surface area (Å²) in [5.74, 6) is -2.01. The quantitative estimate of drug-likeness (QED) is 0.384. The Morgan fingerprint density at radius 3 is 2.32 bits per heavy atom. The van der Waals surface area contributed by atoms with Gasteiger partial charge in [-0.3, -0.25) is 4.79 Å². The molecule has 0 aliphatic carbocycles. The molecule has 142 valence electrons. The van der Waals surface area contributed by atoms with E-state index in [0.29, 0.717) is 16.3 Å². The Morgan fingerprint density at radius 1 is 0.893 bits per heavy atom. The van der Waals surface area contributed by atoms with Crippen molar-refractivity contribution in [1.82, 2.24) is 4.98 Å². The van der Waals surface area contributed by atoms with Crippen LogP contribution in [-0.4, -0.2) is 17.1 Å². The molecule has 28 heavy (non-hydrogen) atoms. The number of alkyl halides is 3. The van der Waals surface area contributed by atoms with Crippen molar-refractivity contribution in [3.05, 3.63) is 60.0 Å². The Bertz CT molecular complexity index is 1100. The van der Waals surface area contributed by atoms with Crippen LogP contribution in [-0.2, 0) is 4.79 Å². The molecule has 0 radical (unpaired) electrons. The molecule has 0 saturated heterocycles. The van der Waals surface area contributed by atoms with Gasteiger partial charge in [-0.05, 0) is 23.6 Å². The zero-order chi connectivity index (χ0) is 19.7. The van der Waals surface area contributed by atoms with Crippen molar-refractivity contribution in [3.63, 3.8) is 0 Å². The molecule has 3 aromatic heterocycles. The molecule has 0 saturated carbocycles. The number of halogens is 3. The Hall–Kier alpha value is -2.49. The summed E-state index contributed by atoms with van der Waals surface area (Å²) in [5, 5.41) is 4.59. The summed E-state index contributed by atoms with van der Waals surface area (Å²) in [7, 11) is 0. The third kappa shape index (κ3) is 3.87. The third-order valence-electron chi connectivity index (χ3n) is 3.74. The minimum absolute atomic E-state index is 0.0783. The molecule has 0 atom stereocenters. The molecule has 3 heterocycles. The average molecular weight is 437 g/mol. The Kier molecular flexibility index (Phi) is 5.05. The van der Waals surface area contributed by atoms with Gasteiger partial charge in [0.15, 0.2) is 0 Å². The predicted molar refractivity (Wildman–Crippen MR) is 109 cm³/mol. The first kappa shape index (κ1) is 18.9. The first-order valence-corrected chi connectivity index (χ1v) is 10.5. The number of anilines is 1. The summed E-state index contributed by atoms with van der Waals surface area (Å²) in [6.45, 7) is 0. The average Bonchev–Trinajstić information content (AvgIpc) is 3.41. The molecule has 9 heteroatoms. The van der Waals surface area contributed by atoms with Gasteiger partial charge in [0.2, 0.25) is 0 Å². The Morgan fingerprint density at radius 2 is 1.64 bits per heavy atom. The number of nitrogens with one attached hydrogen (secondary N) is 1. The first-order valence-electron chi connectivity index (χ1n) is 8.00. The SMILES string of the molecule is O=C(Nc1sc(-c2ccc(-c3cccs3)s2)nc1-c1ccccc1)C(F)(F)F. The molecule has 0 fully saturated rings. The largest absolute Gasteiger partial charge is 0.471 e. The molecule has 0 unspecified atom stereocenters. The van der Waals surface area contributed by atoms with E-state index >= 15 is 0 Å². The highest BCUT2D eigenvalue weighted by Crippen LogP contribution is 2.43. The number of benzene rings is 1. The van der Waals surface area contributed by atoms with Crippen LogP contribution < -0.4 is 5.32 Å². The summed E-state index contributed by atoms with van der Waals surface area (Å²) in [4.78, 5) is 19.0. The molecule has 0 spiro atoms. The van der Waals surface area contributed by atoms with Crippen molar-refractivity contribution in [1.29, 1.82) is 0 Å². The lowest BCUT2D eigenvalue weighted by Gasteiger charge is -2.07. The van der Waals surface area contributed by atoms with Crippen molar-refractivity contribution in [3.8, 4) is 30.9 Å². The summed E-state index contributed by atoms with van der Waals surface area (Å²) in [6.07, 6.45) is -4.96. The second kappa shape index (κ2) is 7.50. The van der Waals surface area contributed by atoms with Gasteiger partial charge in [0.25, 0.3) is 0 Å². The molecule has 1 amide bonds. The van der Waals surface area contributed by atoms with Crippen LogP contribution in [0.15, 0.2) is 60.0 Å². The number of hydrogen-bond acceptors (Lipinski definition) is 5. The Balaban J connectivity index is 1.74. The van der Waals surface area contributed by atoms with E-state index in [4.69, 9.17) is 0 Å². The second-order valence-electron chi connectivity index (χ2n) is 5.66. The number of carbonyl (C=O) groups excluding carboxylic acids is 1. The van der Waals surface area contributed by atoms with E-state index in [2.05, 4.69) is 4.98 Å². The minimum atomic E-state index is -4.96. The van der Waals surface area contributed by atoms with Crippen LogP contribution in [0.4, 0.5) is 18.2 Å². The van der Waals surface area contributed by atoms with Gasteiger partial charge < -0.3 is 5.32 Å². The fourth-order valence-electron chi connectivity index (χ4n) is 2.48. The number of thiophene rings is 2. The molecule has 4 rings (SSSR count). The highest BCUT2D eigenvalue weighted by atomic mass is 32.1. The maximum atomic E-state index is 12.7. The number of amides is 1. The fraction of sp³-hybridized carbons (Fsp3) is 0.0526. The molecular formula is C19H11F3N2OS3. The minimum Gasteiger partial charge on any atom is -0.308 e. The zero-order valence-corrected chi connectivity index (χ0v) is 16.4. The number of carbonyl (C=O) groups is 1. The molecule has 0 bridgehead atoms. The summed E-state index contributed by atoms with van der Waals surface area (Å²) in [6, 6.07) is 16.6. The van der Waals surface area contributed by atoms with Crippen molar-refractivity contribution >= 4 is 44.9 Å². The predicted octanol–water partition coefficient (Wildman–Crippen LogP) is 6.77. The third-order valence-corrected chi connectivity index (χ3v) is 7.03. The smallest absolute Gasteiger partial charge is 0.308 e. The summed E-state index contributed by atoms with van der Waals surface area (Å²) >= 11 is 4.15. The van der Waals surface area contributed by atoms with Crippen LogP contribution in [0, 0.1) is 0 Å². The molecular weight excluding hydrogens is 425 g/mol. The van der Waals surface area contributed by atoms with E-state index in [1.54, 1.807) is 41.7 Å². The van der Waals surface area contributed by atoms with E-state index in [9.17, 15) is 18.0 Å². The van der Waals surface area contributed by atoms with E-state index in [0.717, 1.165) is 26.0 Å². The first-order chi connectivity index (χ1) is 13.4. The Labute approximate surface area is 170 Å².